The second-order valence-corrected chi connectivity index (χ2v) is 11.4. The Morgan fingerprint density at radius 1 is 0.929 bits per heavy atom. The van der Waals surface area contributed by atoms with E-state index in [1.54, 1.807) is 35.2 Å². The molecule has 3 fully saturated rings. The number of aromatic nitrogens is 2. The monoisotopic (exact) mass is 595 g/mol. The highest BCUT2D eigenvalue weighted by Gasteiger charge is 2.32. The third kappa shape index (κ3) is 7.02. The Bertz CT molecular complexity index is 1330. The van der Waals surface area contributed by atoms with E-state index in [4.69, 9.17) is 26.7 Å². The van der Waals surface area contributed by atoms with Gasteiger partial charge in [0.1, 0.15) is 11.8 Å². The molecular weight excluding hydrogens is 562 g/mol. The van der Waals surface area contributed by atoms with Crippen LogP contribution in [0.4, 0.5) is 10.6 Å². The van der Waals surface area contributed by atoms with Crippen LogP contribution in [0.3, 0.4) is 0 Å². The number of hydrogen-bond donors (Lipinski definition) is 2. The number of nitrogens with zero attached hydrogens (tertiary/aromatic N) is 6. The first-order chi connectivity index (χ1) is 20.3. The van der Waals surface area contributed by atoms with Crippen molar-refractivity contribution in [2.24, 2.45) is 5.92 Å². The van der Waals surface area contributed by atoms with E-state index in [1.807, 2.05) is 6.07 Å². The third-order valence-corrected chi connectivity index (χ3v) is 8.60. The van der Waals surface area contributed by atoms with Crippen LogP contribution >= 0.6 is 11.6 Å². The van der Waals surface area contributed by atoms with E-state index in [-0.39, 0.29) is 35.6 Å². The van der Waals surface area contributed by atoms with Crippen molar-refractivity contribution in [2.45, 2.75) is 50.7 Å². The van der Waals surface area contributed by atoms with Crippen molar-refractivity contribution in [2.75, 3.05) is 44.2 Å². The lowest BCUT2D eigenvalue weighted by atomic mass is 9.92. The number of carbonyl (C=O) groups excluding carboxylic acids is 2. The molecular formula is C29H34ClN7O5. The number of hydrogen-bond acceptors (Lipinski definition) is 8. The molecule has 0 radical (unpaired) electrons. The van der Waals surface area contributed by atoms with Crippen LogP contribution in [0.5, 0.6) is 5.75 Å². The zero-order valence-electron chi connectivity index (χ0n) is 23.2. The summed E-state index contributed by atoms with van der Waals surface area (Å²) in [6, 6.07) is 10.6. The molecule has 2 N–H and O–H groups in total. The van der Waals surface area contributed by atoms with Gasteiger partial charge in [0.15, 0.2) is 11.5 Å². The van der Waals surface area contributed by atoms with Crippen LogP contribution in [-0.2, 0) is 4.79 Å². The summed E-state index contributed by atoms with van der Waals surface area (Å²) in [5, 5.41) is 30.0. The van der Waals surface area contributed by atoms with E-state index in [2.05, 4.69) is 20.4 Å². The number of carboxylic acid groups (broad SMARTS) is 1. The van der Waals surface area contributed by atoms with Crippen LogP contribution in [0.1, 0.15) is 54.6 Å². The molecule has 3 aliphatic rings. The standard InChI is InChI=1S/C29H34ClN7O5/c30-24-17-23(4-1-20(24)18-31)42-22-5-2-21(3-6-22)32-27(38)25-7-8-26(34-33-25)35-11-9-19(10-12-35)28(39)36-13-15-37(16-14-36)29(40)41/h1,4,7-8,17,19,21-22H,2-3,5-6,9-16H2,(H,32,38)(H,40,41)/t21-,22-. The SMILES string of the molecule is N#Cc1ccc(O[C@H]2CC[C@H](NC(=O)c3ccc(N4CCC(C(=O)N5CCN(C(=O)O)CC5)CC4)nn3)CC2)cc1Cl. The molecule has 3 heterocycles. The minimum Gasteiger partial charge on any atom is -0.490 e. The van der Waals surface area contributed by atoms with Gasteiger partial charge in [0.25, 0.3) is 5.91 Å². The van der Waals surface area contributed by atoms with Gasteiger partial charge in [-0.2, -0.15) is 5.26 Å². The Hall–Kier alpha value is -4.11. The summed E-state index contributed by atoms with van der Waals surface area (Å²) in [6.07, 6.45) is 3.56. The molecule has 12 nitrogen and oxygen atoms in total. The minimum atomic E-state index is -0.944. The van der Waals surface area contributed by atoms with Crippen molar-refractivity contribution in [1.82, 2.24) is 25.3 Å². The van der Waals surface area contributed by atoms with Crippen LogP contribution in [-0.4, -0.2) is 94.4 Å². The molecule has 2 saturated heterocycles. The average Bonchev–Trinajstić information content (AvgIpc) is 3.02. The summed E-state index contributed by atoms with van der Waals surface area (Å²) in [7, 11) is 0. The first-order valence-corrected chi connectivity index (χ1v) is 14.7. The molecule has 1 aromatic heterocycles. The highest BCUT2D eigenvalue weighted by Crippen LogP contribution is 2.28. The molecule has 0 atom stereocenters. The summed E-state index contributed by atoms with van der Waals surface area (Å²) in [4.78, 5) is 42.1. The second-order valence-electron chi connectivity index (χ2n) is 11.0. The molecule has 222 valence electrons. The number of ether oxygens (including phenoxy) is 1. The van der Waals surface area contributed by atoms with E-state index in [1.165, 1.54) is 4.90 Å². The van der Waals surface area contributed by atoms with Gasteiger partial charge in [-0.1, -0.05) is 11.6 Å². The Balaban J connectivity index is 1.04. The van der Waals surface area contributed by atoms with E-state index in [9.17, 15) is 14.4 Å². The van der Waals surface area contributed by atoms with Crippen molar-refractivity contribution < 1.29 is 24.2 Å². The fraction of sp³-hybridized carbons (Fsp3) is 0.517. The van der Waals surface area contributed by atoms with Crippen LogP contribution in [0.15, 0.2) is 30.3 Å². The van der Waals surface area contributed by atoms with E-state index in [0.29, 0.717) is 74.3 Å². The van der Waals surface area contributed by atoms with Crippen LogP contribution in [0, 0.1) is 17.2 Å². The molecule has 1 saturated carbocycles. The quantitative estimate of drug-likeness (QED) is 0.513. The molecule has 42 heavy (non-hydrogen) atoms. The molecule has 5 rings (SSSR count). The Labute approximate surface area is 249 Å². The fourth-order valence-corrected chi connectivity index (χ4v) is 6.00. The smallest absolute Gasteiger partial charge is 0.407 e. The van der Waals surface area contributed by atoms with Gasteiger partial charge in [0.2, 0.25) is 5.91 Å². The highest BCUT2D eigenvalue weighted by atomic mass is 35.5. The number of amides is 3. The lowest BCUT2D eigenvalue weighted by Crippen LogP contribution is -2.52. The van der Waals surface area contributed by atoms with Crippen LogP contribution < -0.4 is 15.0 Å². The van der Waals surface area contributed by atoms with Crippen molar-refractivity contribution in [3.63, 3.8) is 0 Å². The summed E-state index contributed by atoms with van der Waals surface area (Å²) < 4.78 is 6.03. The fourth-order valence-electron chi connectivity index (χ4n) is 5.78. The zero-order valence-corrected chi connectivity index (χ0v) is 24.0. The van der Waals surface area contributed by atoms with Crippen LogP contribution in [0.2, 0.25) is 5.02 Å². The first-order valence-electron chi connectivity index (χ1n) is 14.3. The number of carbonyl (C=O) groups is 3. The van der Waals surface area contributed by atoms with Gasteiger partial charge in [0, 0.05) is 57.3 Å². The Morgan fingerprint density at radius 3 is 2.21 bits per heavy atom. The van der Waals surface area contributed by atoms with Crippen molar-refractivity contribution in [3.8, 4) is 11.8 Å². The molecule has 0 unspecified atom stereocenters. The molecule has 0 spiro atoms. The summed E-state index contributed by atoms with van der Waals surface area (Å²) in [6.45, 7) is 2.88. The van der Waals surface area contributed by atoms with E-state index < -0.39 is 6.09 Å². The number of anilines is 1. The molecule has 13 heteroatoms. The van der Waals surface area contributed by atoms with Gasteiger partial charge in [-0.3, -0.25) is 9.59 Å². The van der Waals surface area contributed by atoms with Gasteiger partial charge in [0.05, 0.1) is 16.7 Å². The molecule has 0 bridgehead atoms. The zero-order chi connectivity index (χ0) is 29.6. The van der Waals surface area contributed by atoms with E-state index in [0.717, 1.165) is 25.7 Å². The Kier molecular flexibility index (Phi) is 9.27. The largest absolute Gasteiger partial charge is 0.490 e. The number of piperazine rings is 1. The average molecular weight is 596 g/mol. The normalized spacial score (nSPS) is 21.4. The van der Waals surface area contributed by atoms with Gasteiger partial charge < -0.3 is 29.9 Å². The van der Waals surface area contributed by atoms with Gasteiger partial charge in [-0.25, -0.2) is 4.79 Å². The van der Waals surface area contributed by atoms with E-state index >= 15 is 0 Å². The third-order valence-electron chi connectivity index (χ3n) is 8.29. The minimum absolute atomic E-state index is 0.0165. The predicted molar refractivity (Wildman–Crippen MR) is 153 cm³/mol. The van der Waals surface area contributed by atoms with Crippen LogP contribution in [0.25, 0.3) is 0 Å². The number of benzene rings is 1. The van der Waals surface area contributed by atoms with Gasteiger partial charge in [-0.05, 0) is 62.8 Å². The van der Waals surface area contributed by atoms with Gasteiger partial charge in [-0.15, -0.1) is 10.2 Å². The maximum atomic E-state index is 12.9. The Morgan fingerprint density at radius 2 is 1.62 bits per heavy atom. The predicted octanol–water partition coefficient (Wildman–Crippen LogP) is 3.16. The molecule has 2 aromatic rings. The van der Waals surface area contributed by atoms with Crippen molar-refractivity contribution in [1.29, 1.82) is 5.26 Å². The first kappa shape index (κ1) is 29.4. The number of nitrogens with one attached hydrogen (secondary N) is 1. The summed E-state index contributed by atoms with van der Waals surface area (Å²) in [5.74, 6) is 1.06. The molecule has 2 aliphatic heterocycles. The number of nitriles is 1. The summed E-state index contributed by atoms with van der Waals surface area (Å²) >= 11 is 6.10. The number of halogens is 1. The highest BCUT2D eigenvalue weighted by molar-refractivity contribution is 6.31. The molecule has 1 aromatic carbocycles. The number of rotatable bonds is 6. The van der Waals surface area contributed by atoms with Gasteiger partial charge >= 0.3 is 6.09 Å². The maximum Gasteiger partial charge on any atom is 0.407 e. The topological polar surface area (TPSA) is 152 Å². The van der Waals surface area contributed by atoms with Crippen molar-refractivity contribution in [3.05, 3.63) is 46.6 Å². The second kappa shape index (κ2) is 13.2. The molecule has 3 amide bonds. The lowest BCUT2D eigenvalue weighted by Gasteiger charge is -2.38. The summed E-state index contributed by atoms with van der Waals surface area (Å²) in [5.41, 5.74) is 0.671. The lowest BCUT2D eigenvalue weighted by molar-refractivity contribution is -0.137. The molecule has 1 aliphatic carbocycles. The number of piperidine rings is 1. The van der Waals surface area contributed by atoms with Crippen molar-refractivity contribution >= 4 is 35.3 Å². The maximum absolute atomic E-state index is 12.9.